The molecule has 0 atom stereocenters. The van der Waals surface area contributed by atoms with E-state index in [0.717, 1.165) is 0 Å². The summed E-state index contributed by atoms with van der Waals surface area (Å²) >= 11 is 0. The number of anilines is 1. The number of aromatic carboxylic acids is 1. The molecule has 0 radical (unpaired) electrons. The van der Waals surface area contributed by atoms with Gasteiger partial charge < -0.3 is 10.4 Å². The molecule has 1 aliphatic carbocycles. The van der Waals surface area contributed by atoms with Gasteiger partial charge in [0.15, 0.2) is 5.78 Å². The zero-order valence-electron chi connectivity index (χ0n) is 11.4. The van der Waals surface area contributed by atoms with Gasteiger partial charge in [0.25, 0.3) is 0 Å². The quantitative estimate of drug-likeness (QED) is 0.909. The van der Waals surface area contributed by atoms with Gasteiger partial charge in [-0.05, 0) is 12.1 Å². The van der Waals surface area contributed by atoms with Crippen LogP contribution in [0, 0.1) is 0 Å². The Morgan fingerprint density at radius 3 is 2.27 bits per heavy atom. The predicted molar refractivity (Wildman–Crippen MR) is 80.2 cm³/mol. The minimum atomic E-state index is -1.11. The molecule has 0 heterocycles. The Morgan fingerprint density at radius 2 is 1.55 bits per heavy atom. The van der Waals surface area contributed by atoms with E-state index in [9.17, 15) is 14.4 Å². The second-order valence-corrected chi connectivity index (χ2v) is 4.77. The summed E-state index contributed by atoms with van der Waals surface area (Å²) in [6.07, 6.45) is 1.20. The van der Waals surface area contributed by atoms with Crippen LogP contribution in [0.1, 0.15) is 31.1 Å². The van der Waals surface area contributed by atoms with Crippen molar-refractivity contribution in [2.75, 3.05) is 5.32 Å². The van der Waals surface area contributed by atoms with Gasteiger partial charge >= 0.3 is 5.97 Å². The molecule has 2 N–H and O–H groups in total. The van der Waals surface area contributed by atoms with Crippen LogP contribution in [0.3, 0.4) is 0 Å². The zero-order valence-corrected chi connectivity index (χ0v) is 11.4. The number of nitrogens with one attached hydrogen (secondary N) is 1. The van der Waals surface area contributed by atoms with E-state index in [1.807, 2.05) is 0 Å². The number of carbonyl (C=O) groups excluding carboxylic acids is 2. The smallest absolute Gasteiger partial charge is 0.337 e. The molecule has 22 heavy (non-hydrogen) atoms. The van der Waals surface area contributed by atoms with Gasteiger partial charge in [-0.3, -0.25) is 9.59 Å². The van der Waals surface area contributed by atoms with Gasteiger partial charge in [0.05, 0.1) is 16.9 Å². The number of fused-ring (bicyclic) bond motifs is 1. The number of hydrogen-bond acceptors (Lipinski definition) is 4. The van der Waals surface area contributed by atoms with E-state index in [1.54, 1.807) is 42.5 Å². The molecule has 0 fully saturated rings. The second kappa shape index (κ2) is 5.29. The van der Waals surface area contributed by atoms with Crippen LogP contribution in [0.4, 0.5) is 5.69 Å². The molecule has 0 aliphatic heterocycles. The highest BCUT2D eigenvalue weighted by molar-refractivity contribution is 6.25. The Labute approximate surface area is 125 Å². The molecule has 5 nitrogen and oxygen atoms in total. The zero-order chi connectivity index (χ0) is 15.7. The summed E-state index contributed by atoms with van der Waals surface area (Å²) in [5, 5.41) is 11.9. The van der Waals surface area contributed by atoms with Crippen molar-refractivity contribution in [3.05, 3.63) is 77.0 Å². The lowest BCUT2D eigenvalue weighted by molar-refractivity contribution is 0.0697. The maximum Gasteiger partial charge on any atom is 0.337 e. The molecule has 108 valence electrons. The monoisotopic (exact) mass is 293 g/mol. The molecule has 0 bridgehead atoms. The maximum absolute atomic E-state index is 12.4. The lowest BCUT2D eigenvalue weighted by Crippen LogP contribution is -2.22. The van der Waals surface area contributed by atoms with Crippen LogP contribution in [0.2, 0.25) is 0 Å². The minimum Gasteiger partial charge on any atom is -0.478 e. The number of hydrogen-bond donors (Lipinski definition) is 2. The molecule has 2 aromatic rings. The van der Waals surface area contributed by atoms with Crippen LogP contribution in [0.25, 0.3) is 0 Å². The Bertz CT molecular complexity index is 836. The number of carbonyl (C=O) groups is 3. The van der Waals surface area contributed by atoms with Crippen molar-refractivity contribution in [2.45, 2.75) is 0 Å². The molecule has 5 heteroatoms. The molecule has 0 unspecified atom stereocenters. The van der Waals surface area contributed by atoms with Crippen LogP contribution >= 0.6 is 0 Å². The topological polar surface area (TPSA) is 83.5 Å². The number of carboxylic acid groups (broad SMARTS) is 1. The van der Waals surface area contributed by atoms with Crippen molar-refractivity contribution in [3.8, 4) is 0 Å². The van der Waals surface area contributed by atoms with Crippen LogP contribution < -0.4 is 5.32 Å². The molecule has 0 saturated heterocycles. The van der Waals surface area contributed by atoms with E-state index in [1.165, 1.54) is 12.1 Å². The van der Waals surface area contributed by atoms with Gasteiger partial charge in [-0.2, -0.15) is 0 Å². The predicted octanol–water partition coefficient (Wildman–Crippen LogP) is 2.76. The fourth-order valence-corrected chi connectivity index (χ4v) is 2.33. The Morgan fingerprint density at radius 1 is 0.909 bits per heavy atom. The van der Waals surface area contributed by atoms with Gasteiger partial charge in [0.1, 0.15) is 0 Å². The first-order valence-electron chi connectivity index (χ1n) is 6.57. The molecule has 1 aliphatic rings. The summed E-state index contributed by atoms with van der Waals surface area (Å²) in [4.78, 5) is 35.7. The standard InChI is InChI=1S/C17H11NO4/c19-15-9-14(16(20)11-6-2-1-5-10(11)15)18-13-8-4-3-7-12(13)17(21)22/h1-9,18H,(H,21,22). The van der Waals surface area contributed by atoms with Crippen molar-refractivity contribution in [1.82, 2.24) is 0 Å². The normalized spacial score (nSPS) is 13.4. The molecule has 0 saturated carbocycles. The number of para-hydroxylation sites is 1. The third kappa shape index (κ3) is 2.29. The Balaban J connectivity index is 2.00. The molecule has 0 spiro atoms. The number of ketones is 2. The van der Waals surface area contributed by atoms with Crippen LogP contribution in [0.5, 0.6) is 0 Å². The largest absolute Gasteiger partial charge is 0.478 e. The highest BCUT2D eigenvalue weighted by Crippen LogP contribution is 2.24. The number of allylic oxidation sites excluding steroid dienone is 2. The van der Waals surface area contributed by atoms with Gasteiger partial charge in [-0.25, -0.2) is 4.79 Å². The molecule has 0 amide bonds. The van der Waals surface area contributed by atoms with Crippen LogP contribution in [-0.4, -0.2) is 22.6 Å². The SMILES string of the molecule is O=C(O)c1ccccc1NC1=CC(=O)c2ccccc2C1=O. The van der Waals surface area contributed by atoms with Crippen molar-refractivity contribution < 1.29 is 19.5 Å². The van der Waals surface area contributed by atoms with E-state index >= 15 is 0 Å². The van der Waals surface area contributed by atoms with E-state index in [2.05, 4.69) is 5.32 Å². The van der Waals surface area contributed by atoms with Crippen molar-refractivity contribution in [1.29, 1.82) is 0 Å². The van der Waals surface area contributed by atoms with Crippen LogP contribution in [-0.2, 0) is 0 Å². The summed E-state index contributed by atoms with van der Waals surface area (Å²) in [6.45, 7) is 0. The number of Topliss-reactive ketones (excluding diaryl/α,β-unsaturated/α-hetero) is 1. The van der Waals surface area contributed by atoms with E-state index in [0.29, 0.717) is 11.1 Å². The summed E-state index contributed by atoms with van der Waals surface area (Å²) in [5.74, 6) is -1.74. The van der Waals surface area contributed by atoms with Crippen molar-refractivity contribution in [2.24, 2.45) is 0 Å². The highest BCUT2D eigenvalue weighted by Gasteiger charge is 2.25. The fraction of sp³-hybridized carbons (Fsp3) is 0. The van der Waals surface area contributed by atoms with E-state index in [-0.39, 0.29) is 28.5 Å². The van der Waals surface area contributed by atoms with E-state index in [4.69, 9.17) is 5.11 Å². The fourth-order valence-electron chi connectivity index (χ4n) is 2.33. The lowest BCUT2D eigenvalue weighted by Gasteiger charge is -2.17. The first kappa shape index (κ1) is 13.8. The summed E-state index contributed by atoms with van der Waals surface area (Å²) < 4.78 is 0. The van der Waals surface area contributed by atoms with Crippen molar-refractivity contribution in [3.63, 3.8) is 0 Å². The molecule has 0 aromatic heterocycles. The maximum atomic E-state index is 12.4. The first-order chi connectivity index (χ1) is 10.6. The van der Waals surface area contributed by atoms with Gasteiger partial charge in [-0.15, -0.1) is 0 Å². The first-order valence-corrected chi connectivity index (χ1v) is 6.57. The van der Waals surface area contributed by atoms with Gasteiger partial charge in [0, 0.05) is 17.2 Å². The molecular formula is C17H11NO4. The van der Waals surface area contributed by atoms with Gasteiger partial charge in [0.2, 0.25) is 5.78 Å². The number of carboxylic acids is 1. The molecular weight excluding hydrogens is 282 g/mol. The third-order valence-electron chi connectivity index (χ3n) is 3.38. The highest BCUT2D eigenvalue weighted by atomic mass is 16.4. The third-order valence-corrected chi connectivity index (χ3v) is 3.38. The summed E-state index contributed by atoms with van der Waals surface area (Å²) in [7, 11) is 0. The number of rotatable bonds is 3. The lowest BCUT2D eigenvalue weighted by atomic mass is 9.92. The Hall–Kier alpha value is -3.21. The second-order valence-electron chi connectivity index (χ2n) is 4.77. The van der Waals surface area contributed by atoms with E-state index < -0.39 is 5.97 Å². The summed E-state index contributed by atoms with van der Waals surface area (Å²) in [5.41, 5.74) is 1.02. The van der Waals surface area contributed by atoms with Crippen LogP contribution in [0.15, 0.2) is 60.3 Å². The molecule has 3 rings (SSSR count). The van der Waals surface area contributed by atoms with Crippen molar-refractivity contribution >= 4 is 23.2 Å². The minimum absolute atomic E-state index is 0.0301. The average Bonchev–Trinajstić information content (AvgIpc) is 2.53. The number of benzene rings is 2. The average molecular weight is 293 g/mol. The molecule has 2 aromatic carbocycles. The summed E-state index contributed by atoms with van der Waals surface area (Å²) in [6, 6.07) is 12.7. The van der Waals surface area contributed by atoms with Gasteiger partial charge in [-0.1, -0.05) is 36.4 Å². The Kier molecular flexibility index (Phi) is 3.31.